The first-order chi connectivity index (χ1) is 12.0. The SMILES string of the molecule is Cc1cc2c(cc1OCc1ccc(Cl)cc1Cl)CCC(C(=O)NO)C2. The van der Waals surface area contributed by atoms with Crippen LogP contribution in [0.15, 0.2) is 30.3 Å². The van der Waals surface area contributed by atoms with Crippen LogP contribution in [-0.4, -0.2) is 11.1 Å². The third-order valence-electron chi connectivity index (χ3n) is 4.60. The maximum atomic E-state index is 11.6. The average Bonchev–Trinajstić information content (AvgIpc) is 2.60. The van der Waals surface area contributed by atoms with Gasteiger partial charge in [0, 0.05) is 21.5 Å². The van der Waals surface area contributed by atoms with E-state index in [0.29, 0.717) is 29.5 Å². The summed E-state index contributed by atoms with van der Waals surface area (Å²) >= 11 is 12.1. The van der Waals surface area contributed by atoms with E-state index in [1.165, 1.54) is 5.56 Å². The highest BCUT2D eigenvalue weighted by molar-refractivity contribution is 6.35. The number of aryl methyl sites for hydroxylation is 2. The lowest BCUT2D eigenvalue weighted by molar-refractivity contribution is -0.133. The monoisotopic (exact) mass is 379 g/mol. The van der Waals surface area contributed by atoms with Gasteiger partial charge in [0.1, 0.15) is 12.4 Å². The molecule has 0 bridgehead atoms. The Morgan fingerprint density at radius 1 is 1.28 bits per heavy atom. The van der Waals surface area contributed by atoms with E-state index in [0.717, 1.165) is 28.9 Å². The minimum Gasteiger partial charge on any atom is -0.489 e. The van der Waals surface area contributed by atoms with Crippen LogP contribution in [0.25, 0.3) is 0 Å². The molecule has 4 nitrogen and oxygen atoms in total. The van der Waals surface area contributed by atoms with E-state index < -0.39 is 0 Å². The Morgan fingerprint density at radius 3 is 2.80 bits per heavy atom. The van der Waals surface area contributed by atoms with Crippen molar-refractivity contribution < 1.29 is 14.7 Å². The molecule has 0 aliphatic heterocycles. The highest BCUT2D eigenvalue weighted by Gasteiger charge is 2.25. The van der Waals surface area contributed by atoms with E-state index in [9.17, 15) is 4.79 Å². The summed E-state index contributed by atoms with van der Waals surface area (Å²) in [4.78, 5) is 11.6. The van der Waals surface area contributed by atoms with Crippen molar-refractivity contribution >= 4 is 29.1 Å². The molecule has 0 saturated heterocycles. The molecule has 1 aliphatic carbocycles. The van der Waals surface area contributed by atoms with Crippen molar-refractivity contribution in [2.24, 2.45) is 5.92 Å². The van der Waals surface area contributed by atoms with Gasteiger partial charge in [0.2, 0.25) is 5.91 Å². The predicted octanol–water partition coefficient (Wildman–Crippen LogP) is 4.49. The van der Waals surface area contributed by atoms with Crippen LogP contribution in [0.2, 0.25) is 10.0 Å². The van der Waals surface area contributed by atoms with Gasteiger partial charge >= 0.3 is 0 Å². The van der Waals surface area contributed by atoms with Gasteiger partial charge in [-0.2, -0.15) is 0 Å². The summed E-state index contributed by atoms with van der Waals surface area (Å²) in [5, 5.41) is 9.99. The van der Waals surface area contributed by atoms with Gasteiger partial charge in [-0.1, -0.05) is 35.3 Å². The molecule has 0 heterocycles. The van der Waals surface area contributed by atoms with Crippen LogP contribution in [-0.2, 0) is 24.2 Å². The number of carbonyl (C=O) groups is 1. The van der Waals surface area contributed by atoms with Crippen LogP contribution in [0.5, 0.6) is 5.75 Å². The number of fused-ring (bicyclic) bond motifs is 1. The fourth-order valence-corrected chi connectivity index (χ4v) is 3.64. The number of carbonyl (C=O) groups excluding carboxylic acids is 1. The smallest absolute Gasteiger partial charge is 0.246 e. The van der Waals surface area contributed by atoms with Crippen LogP contribution < -0.4 is 10.2 Å². The van der Waals surface area contributed by atoms with E-state index in [1.807, 2.05) is 19.1 Å². The molecule has 1 atom stereocenters. The molecular formula is C19H19Cl2NO3. The van der Waals surface area contributed by atoms with Gasteiger partial charge < -0.3 is 4.74 Å². The van der Waals surface area contributed by atoms with Gasteiger partial charge in [0.25, 0.3) is 0 Å². The van der Waals surface area contributed by atoms with E-state index in [1.54, 1.807) is 17.6 Å². The first-order valence-corrected chi connectivity index (χ1v) is 8.86. The summed E-state index contributed by atoms with van der Waals surface area (Å²) in [6, 6.07) is 9.45. The Morgan fingerprint density at radius 2 is 2.08 bits per heavy atom. The second-order valence-electron chi connectivity index (χ2n) is 6.33. The number of hydrogen-bond donors (Lipinski definition) is 2. The topological polar surface area (TPSA) is 58.6 Å². The normalized spacial score (nSPS) is 16.2. The van der Waals surface area contributed by atoms with E-state index >= 15 is 0 Å². The van der Waals surface area contributed by atoms with Gasteiger partial charge in [-0.25, -0.2) is 5.48 Å². The van der Waals surface area contributed by atoms with Crippen LogP contribution in [0, 0.1) is 12.8 Å². The molecule has 25 heavy (non-hydrogen) atoms. The number of halogens is 2. The highest BCUT2D eigenvalue weighted by Crippen LogP contribution is 2.32. The number of hydrogen-bond acceptors (Lipinski definition) is 3. The minimum atomic E-state index is -0.319. The fraction of sp³-hybridized carbons (Fsp3) is 0.316. The van der Waals surface area contributed by atoms with Gasteiger partial charge in [-0.15, -0.1) is 0 Å². The minimum absolute atomic E-state index is 0.184. The van der Waals surface area contributed by atoms with Gasteiger partial charge in [-0.3, -0.25) is 10.0 Å². The van der Waals surface area contributed by atoms with Crippen molar-refractivity contribution in [2.45, 2.75) is 32.8 Å². The third kappa shape index (κ3) is 4.09. The van der Waals surface area contributed by atoms with Gasteiger partial charge in [-0.05, 0) is 61.1 Å². The molecule has 1 aliphatic rings. The zero-order chi connectivity index (χ0) is 18.0. The molecule has 0 aromatic heterocycles. The Bertz CT molecular complexity index is 807. The molecule has 1 unspecified atom stereocenters. The first kappa shape index (κ1) is 18.1. The summed E-state index contributed by atoms with van der Waals surface area (Å²) in [6.07, 6.45) is 2.13. The predicted molar refractivity (Wildman–Crippen MR) is 97.4 cm³/mol. The molecule has 0 fully saturated rings. The van der Waals surface area contributed by atoms with E-state index in [2.05, 4.69) is 6.07 Å². The van der Waals surface area contributed by atoms with Crippen LogP contribution in [0.3, 0.4) is 0 Å². The standard InChI is InChI=1S/C19H19Cl2NO3/c1-11-6-15-7-13(19(23)22-24)3-2-12(15)8-18(11)25-10-14-4-5-16(20)9-17(14)21/h4-6,8-9,13,24H,2-3,7,10H2,1H3,(H,22,23). The Kier molecular flexibility index (Phi) is 5.52. The molecule has 1 amide bonds. The number of benzene rings is 2. The average molecular weight is 380 g/mol. The molecule has 3 rings (SSSR count). The van der Waals surface area contributed by atoms with Crippen molar-refractivity contribution in [2.75, 3.05) is 0 Å². The summed E-state index contributed by atoms with van der Waals surface area (Å²) < 4.78 is 5.96. The Hall–Kier alpha value is -1.75. The maximum absolute atomic E-state index is 11.6. The number of rotatable bonds is 4. The van der Waals surface area contributed by atoms with Crippen LogP contribution in [0.4, 0.5) is 0 Å². The van der Waals surface area contributed by atoms with Crippen molar-refractivity contribution in [3.05, 3.63) is 62.6 Å². The van der Waals surface area contributed by atoms with Gasteiger partial charge in [0.05, 0.1) is 0 Å². The molecule has 0 radical (unpaired) electrons. The Balaban J connectivity index is 1.75. The van der Waals surface area contributed by atoms with Crippen molar-refractivity contribution in [1.82, 2.24) is 5.48 Å². The zero-order valence-corrected chi connectivity index (χ0v) is 15.3. The highest BCUT2D eigenvalue weighted by atomic mass is 35.5. The summed E-state index contributed by atoms with van der Waals surface area (Å²) in [5.41, 5.74) is 5.96. The molecule has 6 heteroatoms. The molecule has 2 aromatic rings. The molecular weight excluding hydrogens is 361 g/mol. The van der Waals surface area contributed by atoms with Crippen molar-refractivity contribution in [3.63, 3.8) is 0 Å². The van der Waals surface area contributed by atoms with Crippen LogP contribution in [0.1, 0.15) is 28.7 Å². The molecule has 0 saturated carbocycles. The number of hydroxylamine groups is 1. The van der Waals surface area contributed by atoms with Crippen LogP contribution >= 0.6 is 23.2 Å². The number of nitrogens with one attached hydrogen (secondary N) is 1. The van der Waals surface area contributed by atoms with Gasteiger partial charge in [0.15, 0.2) is 0 Å². The fourth-order valence-electron chi connectivity index (χ4n) is 3.17. The lowest BCUT2D eigenvalue weighted by Gasteiger charge is -2.24. The molecule has 132 valence electrons. The first-order valence-electron chi connectivity index (χ1n) is 8.11. The number of amides is 1. The maximum Gasteiger partial charge on any atom is 0.246 e. The second kappa shape index (κ2) is 7.65. The molecule has 0 spiro atoms. The second-order valence-corrected chi connectivity index (χ2v) is 7.17. The van der Waals surface area contributed by atoms with Crippen molar-refractivity contribution in [3.8, 4) is 5.75 Å². The lowest BCUT2D eigenvalue weighted by atomic mass is 9.82. The lowest BCUT2D eigenvalue weighted by Crippen LogP contribution is -2.32. The summed E-state index contributed by atoms with van der Waals surface area (Å²) in [7, 11) is 0. The summed E-state index contributed by atoms with van der Waals surface area (Å²) in [6.45, 7) is 2.35. The largest absolute Gasteiger partial charge is 0.489 e. The summed E-state index contributed by atoms with van der Waals surface area (Å²) in [5.74, 6) is 0.312. The quantitative estimate of drug-likeness (QED) is 0.607. The Labute approximate surface area is 156 Å². The third-order valence-corrected chi connectivity index (χ3v) is 5.19. The van der Waals surface area contributed by atoms with Crippen molar-refractivity contribution in [1.29, 1.82) is 0 Å². The van der Waals surface area contributed by atoms with E-state index in [-0.39, 0.29) is 11.8 Å². The number of ether oxygens (including phenoxy) is 1. The molecule has 2 N–H and O–H groups in total. The van der Waals surface area contributed by atoms with E-state index in [4.69, 9.17) is 33.1 Å². The zero-order valence-electron chi connectivity index (χ0n) is 13.8. The molecule has 2 aromatic carbocycles.